The van der Waals surface area contributed by atoms with Gasteiger partial charge in [-0.2, -0.15) is 0 Å². The van der Waals surface area contributed by atoms with Gasteiger partial charge in [-0.15, -0.1) is 0 Å². The van der Waals surface area contributed by atoms with Crippen LogP contribution in [0.4, 0.5) is 5.69 Å². The number of ketones is 1. The van der Waals surface area contributed by atoms with E-state index in [1.54, 1.807) is 90.1 Å². The van der Waals surface area contributed by atoms with Gasteiger partial charge in [0.05, 0.1) is 12.1 Å². The summed E-state index contributed by atoms with van der Waals surface area (Å²) in [5, 5.41) is 13.0. The Kier molecular flexibility index (Phi) is 10.3. The van der Waals surface area contributed by atoms with Crippen molar-refractivity contribution >= 4 is 23.3 Å². The number of hydrogen-bond donors (Lipinski definition) is 2. The van der Waals surface area contributed by atoms with Crippen molar-refractivity contribution in [2.75, 3.05) is 18.5 Å². The topological polar surface area (TPSA) is 109 Å². The fourth-order valence-electron chi connectivity index (χ4n) is 4.90. The van der Waals surface area contributed by atoms with Gasteiger partial charge in [-0.3, -0.25) is 14.6 Å². The maximum Gasteiger partial charge on any atom is 0.326 e. The summed E-state index contributed by atoms with van der Waals surface area (Å²) < 4.78 is 5.97. The van der Waals surface area contributed by atoms with Gasteiger partial charge in [0, 0.05) is 42.2 Å². The van der Waals surface area contributed by atoms with E-state index in [2.05, 4.69) is 10.3 Å². The molecule has 0 bridgehead atoms. The van der Waals surface area contributed by atoms with Gasteiger partial charge in [-0.1, -0.05) is 84.9 Å². The third kappa shape index (κ3) is 8.42. The van der Waals surface area contributed by atoms with Gasteiger partial charge in [0.1, 0.15) is 18.4 Å². The van der Waals surface area contributed by atoms with Crippen LogP contribution in [0.1, 0.15) is 37.4 Å². The highest BCUT2D eigenvalue weighted by molar-refractivity contribution is 6.12. The average Bonchev–Trinajstić information content (AvgIpc) is 3.09. The summed E-state index contributed by atoms with van der Waals surface area (Å²) in [4.78, 5) is 44.3. The predicted molar refractivity (Wildman–Crippen MR) is 172 cm³/mol. The third-order valence-corrected chi connectivity index (χ3v) is 7.24. The van der Waals surface area contributed by atoms with Crippen molar-refractivity contribution in [3.05, 3.63) is 162 Å². The predicted octanol–water partition coefficient (Wildman–Crippen LogP) is 6.14. The number of carboxylic acid groups (broad SMARTS) is 1. The van der Waals surface area contributed by atoms with Gasteiger partial charge in [-0.25, -0.2) is 4.79 Å². The second-order valence-corrected chi connectivity index (χ2v) is 10.4. The molecule has 1 amide bonds. The van der Waals surface area contributed by atoms with Crippen LogP contribution in [0.15, 0.2) is 134 Å². The van der Waals surface area contributed by atoms with E-state index in [0.29, 0.717) is 41.2 Å². The number of hydrogen-bond acceptors (Lipinski definition) is 6. The molecule has 0 aliphatic rings. The van der Waals surface area contributed by atoms with Crippen molar-refractivity contribution in [1.82, 2.24) is 9.88 Å². The Labute approximate surface area is 262 Å². The molecule has 0 saturated carbocycles. The number of carboxylic acids is 1. The first-order valence-corrected chi connectivity index (χ1v) is 14.6. The quantitative estimate of drug-likeness (QED) is 0.148. The fraction of sp³-hybridized carbons (Fsp3) is 0.135. The van der Waals surface area contributed by atoms with E-state index in [1.807, 2.05) is 48.5 Å². The third-order valence-electron chi connectivity index (χ3n) is 7.24. The molecule has 0 spiro atoms. The number of rotatable bonds is 14. The molecule has 0 aliphatic heterocycles. The fourth-order valence-corrected chi connectivity index (χ4v) is 4.90. The Balaban J connectivity index is 1.21. The van der Waals surface area contributed by atoms with E-state index in [1.165, 1.54) is 0 Å². The van der Waals surface area contributed by atoms with E-state index in [4.69, 9.17) is 4.74 Å². The number of aliphatic carboxylic acids is 1. The Hall–Kier alpha value is -5.76. The number of benzene rings is 4. The lowest BCUT2D eigenvalue weighted by Gasteiger charge is -2.23. The van der Waals surface area contributed by atoms with Crippen LogP contribution in [0.5, 0.6) is 5.75 Å². The van der Waals surface area contributed by atoms with E-state index >= 15 is 0 Å². The van der Waals surface area contributed by atoms with E-state index in [0.717, 1.165) is 11.1 Å². The minimum Gasteiger partial charge on any atom is -0.492 e. The number of pyridine rings is 1. The minimum absolute atomic E-state index is 0.134. The first-order valence-electron chi connectivity index (χ1n) is 14.6. The molecule has 4 aromatic carbocycles. The molecule has 226 valence electrons. The number of para-hydroxylation sites is 1. The van der Waals surface area contributed by atoms with Gasteiger partial charge in [0.25, 0.3) is 5.91 Å². The molecule has 45 heavy (non-hydrogen) atoms. The number of aromatic nitrogens is 1. The highest BCUT2D eigenvalue weighted by atomic mass is 16.5. The molecule has 0 saturated heterocycles. The summed E-state index contributed by atoms with van der Waals surface area (Å²) >= 11 is 0. The molecule has 5 rings (SSSR count). The highest BCUT2D eigenvalue weighted by Gasteiger charge is 2.22. The van der Waals surface area contributed by atoms with E-state index in [-0.39, 0.29) is 24.7 Å². The normalized spacial score (nSPS) is 11.3. The molecule has 1 heterocycles. The van der Waals surface area contributed by atoms with Crippen molar-refractivity contribution in [2.45, 2.75) is 19.0 Å². The largest absolute Gasteiger partial charge is 0.492 e. The molecule has 0 aliphatic carbocycles. The lowest BCUT2D eigenvalue weighted by molar-refractivity contribution is -0.137. The average molecular weight is 600 g/mol. The molecule has 1 aromatic heterocycles. The molecule has 0 unspecified atom stereocenters. The first-order chi connectivity index (χ1) is 22.0. The molecule has 2 N–H and O–H groups in total. The van der Waals surface area contributed by atoms with Crippen LogP contribution in [0.3, 0.4) is 0 Å². The molecule has 5 aromatic rings. The summed E-state index contributed by atoms with van der Waals surface area (Å²) in [6, 6.07) is 35.3. The Bertz CT molecular complexity index is 1710. The van der Waals surface area contributed by atoms with Crippen molar-refractivity contribution < 1.29 is 24.2 Å². The van der Waals surface area contributed by atoms with E-state index < -0.39 is 12.0 Å². The second-order valence-electron chi connectivity index (χ2n) is 10.4. The van der Waals surface area contributed by atoms with Crippen LogP contribution in [0.25, 0.3) is 0 Å². The SMILES string of the molecule is O=C(c1ccccc1)c1ccccc1N[C@@H](Cc1ccc(OCCN(Cc2ccccc2)C(=O)c2cccnc2)cc1)C(=O)O. The summed E-state index contributed by atoms with van der Waals surface area (Å²) in [5.41, 5.74) is 3.69. The van der Waals surface area contributed by atoms with Gasteiger partial charge in [-0.05, 0) is 47.5 Å². The zero-order valence-corrected chi connectivity index (χ0v) is 24.6. The second kappa shape index (κ2) is 15.1. The lowest BCUT2D eigenvalue weighted by Crippen LogP contribution is -2.34. The van der Waals surface area contributed by atoms with Gasteiger partial charge < -0.3 is 20.1 Å². The lowest BCUT2D eigenvalue weighted by atomic mass is 10.00. The number of amides is 1. The van der Waals surface area contributed by atoms with Crippen LogP contribution < -0.4 is 10.1 Å². The minimum atomic E-state index is -1.03. The summed E-state index contributed by atoms with van der Waals surface area (Å²) in [6.07, 6.45) is 3.37. The van der Waals surface area contributed by atoms with Crippen molar-refractivity contribution in [1.29, 1.82) is 0 Å². The molecule has 8 nitrogen and oxygen atoms in total. The van der Waals surface area contributed by atoms with Crippen molar-refractivity contribution in [3.63, 3.8) is 0 Å². The zero-order chi connectivity index (χ0) is 31.4. The molecule has 1 atom stereocenters. The Morgan fingerprint density at radius 2 is 1.42 bits per heavy atom. The van der Waals surface area contributed by atoms with Crippen molar-refractivity contribution in [3.8, 4) is 5.75 Å². The van der Waals surface area contributed by atoms with Gasteiger partial charge in [0.15, 0.2) is 5.78 Å². The smallest absolute Gasteiger partial charge is 0.326 e. The van der Waals surface area contributed by atoms with Crippen LogP contribution in [-0.2, 0) is 17.8 Å². The monoisotopic (exact) mass is 599 g/mol. The molecular formula is C37H33N3O5. The number of carbonyl (C=O) groups is 3. The van der Waals surface area contributed by atoms with Crippen LogP contribution in [0, 0.1) is 0 Å². The molecule has 0 fully saturated rings. The van der Waals surface area contributed by atoms with E-state index in [9.17, 15) is 19.5 Å². The Morgan fingerprint density at radius 3 is 2.11 bits per heavy atom. The molecular weight excluding hydrogens is 566 g/mol. The first kappa shape index (κ1) is 30.7. The number of anilines is 1. The highest BCUT2D eigenvalue weighted by Crippen LogP contribution is 2.22. The Morgan fingerprint density at radius 1 is 0.756 bits per heavy atom. The molecule has 8 heteroatoms. The maximum absolute atomic E-state index is 13.2. The number of ether oxygens (including phenoxy) is 1. The van der Waals surface area contributed by atoms with Crippen molar-refractivity contribution in [2.24, 2.45) is 0 Å². The summed E-state index contributed by atoms with van der Waals surface area (Å²) in [7, 11) is 0. The van der Waals surface area contributed by atoms with Crippen LogP contribution >= 0.6 is 0 Å². The number of nitrogens with one attached hydrogen (secondary N) is 1. The van der Waals surface area contributed by atoms with Gasteiger partial charge in [0.2, 0.25) is 0 Å². The standard InChI is InChI=1S/C37H33N3O5/c41-35(29-12-5-2-6-13-29)32-15-7-8-16-33(32)39-34(37(43)44)24-27-17-19-31(20-18-27)45-23-22-40(26-28-10-3-1-4-11-28)36(42)30-14-9-21-38-25-30/h1-21,25,34,39H,22-24,26H2,(H,43,44)/t34-/m0/s1. The zero-order valence-electron chi connectivity index (χ0n) is 24.6. The van der Waals surface area contributed by atoms with Gasteiger partial charge >= 0.3 is 5.97 Å². The number of nitrogens with zero attached hydrogens (tertiary/aromatic N) is 2. The maximum atomic E-state index is 13.2. The number of carbonyl (C=O) groups excluding carboxylic acids is 2. The van der Waals surface area contributed by atoms with Crippen LogP contribution in [-0.4, -0.2) is 51.8 Å². The van der Waals surface area contributed by atoms with Crippen LogP contribution in [0.2, 0.25) is 0 Å². The molecule has 0 radical (unpaired) electrons. The summed E-state index contributed by atoms with van der Waals surface area (Å²) in [5.74, 6) is -0.751. The summed E-state index contributed by atoms with van der Waals surface area (Å²) in [6.45, 7) is 1.06.